The summed E-state index contributed by atoms with van der Waals surface area (Å²) in [6, 6.07) is 27.3. The number of anilines is 1. The van der Waals surface area contributed by atoms with Gasteiger partial charge in [0.1, 0.15) is 0 Å². The smallest absolute Gasteiger partial charge is 0.345 e. The largest absolute Gasteiger partial charge is 0.403 e. The second kappa shape index (κ2) is 7.31. The lowest BCUT2D eigenvalue weighted by molar-refractivity contribution is -0.143. The predicted molar refractivity (Wildman–Crippen MR) is 111 cm³/mol. The van der Waals surface area contributed by atoms with Crippen LogP contribution in [0.3, 0.4) is 0 Å². The van der Waals surface area contributed by atoms with Gasteiger partial charge in [-0.1, -0.05) is 73.2 Å². The fraction of sp³-hybridized carbons (Fsp3) is 0.167. The second-order valence-corrected chi connectivity index (χ2v) is 6.89. The maximum Gasteiger partial charge on any atom is 0.345 e. The molecule has 1 atom stereocenters. The highest BCUT2D eigenvalue weighted by Crippen LogP contribution is 2.40. The molecule has 4 rings (SSSR count). The first-order valence-electron chi connectivity index (χ1n) is 9.44. The Labute approximate surface area is 165 Å². The van der Waals surface area contributed by atoms with E-state index in [1.807, 2.05) is 104 Å². The van der Waals surface area contributed by atoms with E-state index in [1.165, 1.54) is 0 Å². The van der Waals surface area contributed by atoms with Gasteiger partial charge in [-0.2, -0.15) is 0 Å². The van der Waals surface area contributed by atoms with Crippen molar-refractivity contribution in [2.75, 3.05) is 5.01 Å². The number of carbonyl (C=O) groups excluding carboxylic acids is 1. The molecule has 0 amide bonds. The number of hydrogen-bond acceptors (Lipinski definition) is 4. The van der Waals surface area contributed by atoms with Crippen LogP contribution in [0.1, 0.15) is 30.0 Å². The minimum Gasteiger partial charge on any atom is -0.403 e. The van der Waals surface area contributed by atoms with Gasteiger partial charge in [-0.05, 0) is 43.2 Å². The summed E-state index contributed by atoms with van der Waals surface area (Å²) in [4.78, 5) is 13.5. The monoisotopic (exact) mass is 370 g/mol. The van der Waals surface area contributed by atoms with E-state index >= 15 is 0 Å². The fourth-order valence-electron chi connectivity index (χ4n) is 3.57. The number of aryl methyl sites for hydroxylation is 1. The Morgan fingerprint density at radius 1 is 0.893 bits per heavy atom. The average molecular weight is 370 g/mol. The van der Waals surface area contributed by atoms with Crippen LogP contribution in [0.4, 0.5) is 5.69 Å². The first-order chi connectivity index (χ1) is 13.6. The lowest BCUT2D eigenvalue weighted by Crippen LogP contribution is -2.54. The van der Waals surface area contributed by atoms with Gasteiger partial charge < -0.3 is 4.74 Å². The van der Waals surface area contributed by atoms with Gasteiger partial charge in [0.25, 0.3) is 0 Å². The van der Waals surface area contributed by atoms with Crippen LogP contribution in [0.15, 0.2) is 90.0 Å². The van der Waals surface area contributed by atoms with Crippen molar-refractivity contribution in [1.29, 1.82) is 0 Å². The number of para-hydroxylation sites is 1. The maximum absolute atomic E-state index is 13.5. The van der Waals surface area contributed by atoms with Crippen LogP contribution in [0.25, 0.3) is 0 Å². The highest BCUT2D eigenvalue weighted by Gasteiger charge is 2.50. The van der Waals surface area contributed by atoms with Crippen LogP contribution in [0.5, 0.6) is 0 Å². The minimum atomic E-state index is -1.02. The average Bonchev–Trinajstić information content (AvgIpc) is 2.75. The molecule has 3 aromatic carbocycles. The molecule has 1 aliphatic rings. The Kier molecular flexibility index (Phi) is 4.70. The number of nitrogens with zero attached hydrogens (tertiary/aromatic N) is 2. The molecular weight excluding hydrogens is 348 g/mol. The normalized spacial score (nSPS) is 19.1. The molecule has 3 aromatic rings. The highest BCUT2D eigenvalue weighted by atomic mass is 16.6. The number of hydrazone groups is 1. The summed E-state index contributed by atoms with van der Waals surface area (Å²) in [7, 11) is 0. The van der Waals surface area contributed by atoms with E-state index in [-0.39, 0.29) is 5.97 Å². The zero-order valence-electron chi connectivity index (χ0n) is 16.0. The van der Waals surface area contributed by atoms with Gasteiger partial charge in [0, 0.05) is 5.56 Å². The Morgan fingerprint density at radius 2 is 1.50 bits per heavy atom. The third kappa shape index (κ3) is 2.97. The van der Waals surface area contributed by atoms with Gasteiger partial charge in [-0.15, -0.1) is 5.10 Å². The minimum absolute atomic E-state index is 0.311. The molecule has 0 N–H and O–H groups in total. The highest BCUT2D eigenvalue weighted by molar-refractivity contribution is 6.06. The van der Waals surface area contributed by atoms with Crippen LogP contribution in [-0.4, -0.2) is 11.9 Å². The van der Waals surface area contributed by atoms with Crippen molar-refractivity contribution in [2.24, 2.45) is 5.10 Å². The Balaban J connectivity index is 1.93. The molecule has 0 fully saturated rings. The van der Waals surface area contributed by atoms with Crippen molar-refractivity contribution in [1.82, 2.24) is 0 Å². The molecule has 28 heavy (non-hydrogen) atoms. The predicted octanol–water partition coefficient (Wildman–Crippen LogP) is 5.03. The quantitative estimate of drug-likeness (QED) is 0.605. The molecule has 4 nitrogen and oxygen atoms in total. The molecule has 0 unspecified atom stereocenters. The van der Waals surface area contributed by atoms with Crippen LogP contribution in [-0.2, 0) is 15.1 Å². The van der Waals surface area contributed by atoms with Gasteiger partial charge in [-0.3, -0.25) is 0 Å². The van der Waals surface area contributed by atoms with Gasteiger partial charge >= 0.3 is 5.97 Å². The SMILES string of the molecule is CC[C@@]1(c2ccc(C)cc2)C(=O)OC(c2ccccc2)=NN1c1ccccc1. The maximum atomic E-state index is 13.5. The van der Waals surface area contributed by atoms with Gasteiger partial charge in [0.2, 0.25) is 5.90 Å². The first kappa shape index (κ1) is 18.0. The van der Waals surface area contributed by atoms with E-state index < -0.39 is 5.54 Å². The second-order valence-electron chi connectivity index (χ2n) is 6.89. The summed E-state index contributed by atoms with van der Waals surface area (Å²) in [5.74, 6) is -0.0119. The molecule has 0 radical (unpaired) electrons. The zero-order chi connectivity index (χ0) is 19.6. The molecule has 4 heteroatoms. The summed E-state index contributed by atoms with van der Waals surface area (Å²) < 4.78 is 5.79. The van der Waals surface area contributed by atoms with E-state index in [0.29, 0.717) is 12.3 Å². The number of hydrogen-bond donors (Lipinski definition) is 0. The van der Waals surface area contributed by atoms with Crippen molar-refractivity contribution in [3.8, 4) is 0 Å². The molecule has 1 aliphatic heterocycles. The number of benzene rings is 3. The topological polar surface area (TPSA) is 41.9 Å². The van der Waals surface area contributed by atoms with Gasteiger partial charge in [0.15, 0.2) is 5.54 Å². The standard InChI is InChI=1S/C24H22N2O2/c1-3-24(20-16-14-18(2)15-17-20)23(27)28-22(19-10-6-4-7-11-19)25-26(24)21-12-8-5-9-13-21/h4-17H,3H2,1-2H3/t24-/m1/s1. The molecule has 0 spiro atoms. The summed E-state index contributed by atoms with van der Waals surface area (Å²) in [6.45, 7) is 4.02. The summed E-state index contributed by atoms with van der Waals surface area (Å²) in [5.41, 5.74) is 2.59. The van der Waals surface area contributed by atoms with Crippen molar-refractivity contribution < 1.29 is 9.53 Å². The molecule has 0 saturated carbocycles. The first-order valence-corrected chi connectivity index (χ1v) is 9.44. The molecule has 0 aliphatic carbocycles. The van der Waals surface area contributed by atoms with Gasteiger partial charge in [-0.25, -0.2) is 9.80 Å². The zero-order valence-corrected chi connectivity index (χ0v) is 16.0. The molecule has 140 valence electrons. The fourth-order valence-corrected chi connectivity index (χ4v) is 3.57. The number of cyclic esters (lactones) is 1. The van der Waals surface area contributed by atoms with Crippen LogP contribution in [0, 0.1) is 6.92 Å². The summed E-state index contributed by atoms with van der Waals surface area (Å²) in [5, 5.41) is 6.61. The van der Waals surface area contributed by atoms with Crippen molar-refractivity contribution in [3.63, 3.8) is 0 Å². The van der Waals surface area contributed by atoms with Crippen molar-refractivity contribution >= 4 is 17.6 Å². The lowest BCUT2D eigenvalue weighted by Gasteiger charge is -2.42. The van der Waals surface area contributed by atoms with E-state index in [4.69, 9.17) is 9.84 Å². The van der Waals surface area contributed by atoms with Crippen molar-refractivity contribution in [3.05, 3.63) is 102 Å². The number of rotatable bonds is 4. The Bertz CT molecular complexity index is 998. The van der Waals surface area contributed by atoms with E-state index in [9.17, 15) is 4.79 Å². The molecular formula is C24H22N2O2. The Hall–Kier alpha value is -3.40. The van der Waals surface area contributed by atoms with Gasteiger partial charge in [0.05, 0.1) is 5.69 Å². The third-order valence-corrected chi connectivity index (χ3v) is 5.14. The molecule has 0 aromatic heterocycles. The van der Waals surface area contributed by atoms with Crippen LogP contribution < -0.4 is 5.01 Å². The van der Waals surface area contributed by atoms with E-state index in [0.717, 1.165) is 22.4 Å². The third-order valence-electron chi connectivity index (χ3n) is 5.14. The number of esters is 1. The van der Waals surface area contributed by atoms with E-state index in [2.05, 4.69) is 0 Å². The van der Waals surface area contributed by atoms with E-state index in [1.54, 1.807) is 0 Å². The molecule has 1 heterocycles. The van der Waals surface area contributed by atoms with Crippen LogP contribution >= 0.6 is 0 Å². The number of carbonyl (C=O) groups is 1. The van der Waals surface area contributed by atoms with Crippen molar-refractivity contribution in [2.45, 2.75) is 25.8 Å². The number of ether oxygens (including phenoxy) is 1. The summed E-state index contributed by atoms with van der Waals surface area (Å²) in [6.07, 6.45) is 0.523. The summed E-state index contributed by atoms with van der Waals surface area (Å²) >= 11 is 0. The molecule has 0 bridgehead atoms. The molecule has 0 saturated heterocycles. The Morgan fingerprint density at radius 3 is 2.11 bits per heavy atom. The lowest BCUT2D eigenvalue weighted by atomic mass is 9.85. The van der Waals surface area contributed by atoms with Crippen LogP contribution in [0.2, 0.25) is 0 Å².